The molecule has 0 radical (unpaired) electrons. The molecule has 2 heterocycles. The van der Waals surface area contributed by atoms with Crippen molar-refractivity contribution < 1.29 is 9.53 Å². The minimum atomic E-state index is -0.260. The fraction of sp³-hybridized carbons (Fsp3) is 0.136. The lowest BCUT2D eigenvalue weighted by atomic mass is 10.2. The third kappa shape index (κ3) is 4.41. The number of nitrogens with zero attached hydrogens (tertiary/aromatic N) is 3. The smallest absolute Gasteiger partial charge is 0.261 e. The maximum Gasteiger partial charge on any atom is 0.261 e. The highest BCUT2D eigenvalue weighted by Crippen LogP contribution is 2.34. The van der Waals surface area contributed by atoms with E-state index in [1.807, 2.05) is 37.3 Å². The summed E-state index contributed by atoms with van der Waals surface area (Å²) in [5, 5.41) is 1.33. The summed E-state index contributed by atoms with van der Waals surface area (Å²) in [7, 11) is 0. The molecule has 2 aromatic heterocycles. The summed E-state index contributed by atoms with van der Waals surface area (Å²) < 4.78 is 6.52. The Morgan fingerprint density at radius 1 is 1.17 bits per heavy atom. The van der Waals surface area contributed by atoms with Crippen molar-refractivity contribution in [3.8, 4) is 5.75 Å². The lowest BCUT2D eigenvalue weighted by Crippen LogP contribution is -2.30. The Morgan fingerprint density at radius 2 is 2.03 bits per heavy atom. The molecule has 0 aliphatic heterocycles. The van der Waals surface area contributed by atoms with Crippen LogP contribution < -0.4 is 9.64 Å². The molecule has 0 atom stereocenters. The third-order valence-corrected chi connectivity index (χ3v) is 5.95. The highest BCUT2D eigenvalue weighted by atomic mass is 35.5. The van der Waals surface area contributed by atoms with E-state index in [9.17, 15) is 4.79 Å². The van der Waals surface area contributed by atoms with Crippen LogP contribution >= 0.6 is 34.5 Å². The first-order valence-electron chi connectivity index (χ1n) is 9.24. The van der Waals surface area contributed by atoms with Gasteiger partial charge in [-0.25, -0.2) is 4.98 Å². The number of aromatic nitrogens is 2. The minimum Gasteiger partial charge on any atom is -0.494 e. The van der Waals surface area contributed by atoms with Gasteiger partial charge in [-0.05, 0) is 55.0 Å². The van der Waals surface area contributed by atoms with Gasteiger partial charge in [0.1, 0.15) is 5.75 Å². The largest absolute Gasteiger partial charge is 0.494 e. The van der Waals surface area contributed by atoms with Crippen molar-refractivity contribution in [2.75, 3.05) is 11.5 Å². The van der Waals surface area contributed by atoms with Crippen molar-refractivity contribution >= 4 is 55.8 Å². The van der Waals surface area contributed by atoms with Crippen LogP contribution in [0.3, 0.4) is 0 Å². The number of hydrogen-bond donors (Lipinski definition) is 0. The second-order valence-electron chi connectivity index (χ2n) is 6.44. The Hall–Kier alpha value is -2.67. The van der Waals surface area contributed by atoms with Crippen molar-refractivity contribution in [3.63, 3.8) is 0 Å². The zero-order valence-electron chi connectivity index (χ0n) is 16.0. The number of halogens is 2. The number of ether oxygens (including phenoxy) is 1. The summed E-state index contributed by atoms with van der Waals surface area (Å²) in [5.74, 6) is 0.510. The number of carbonyl (C=O) groups is 1. The summed E-state index contributed by atoms with van der Waals surface area (Å²) in [6.45, 7) is 2.83. The molecule has 8 heteroatoms. The second-order valence-corrected chi connectivity index (χ2v) is 8.29. The molecule has 0 fully saturated rings. The van der Waals surface area contributed by atoms with Crippen LogP contribution in [0.1, 0.15) is 22.8 Å². The van der Waals surface area contributed by atoms with Crippen LogP contribution in [0, 0.1) is 0 Å². The molecule has 5 nitrogen and oxygen atoms in total. The molecule has 0 N–H and O–H groups in total. The molecule has 1 amide bonds. The zero-order valence-corrected chi connectivity index (χ0v) is 18.3. The lowest BCUT2D eigenvalue weighted by Gasteiger charge is -2.20. The van der Waals surface area contributed by atoms with Gasteiger partial charge in [0.25, 0.3) is 5.91 Å². The molecule has 0 aliphatic rings. The number of anilines is 1. The fourth-order valence-corrected chi connectivity index (χ4v) is 4.45. The van der Waals surface area contributed by atoms with Gasteiger partial charge in [0.2, 0.25) is 0 Å². The van der Waals surface area contributed by atoms with Crippen molar-refractivity contribution in [1.29, 1.82) is 0 Å². The fourth-order valence-electron chi connectivity index (χ4n) is 2.97. The Labute approximate surface area is 187 Å². The van der Waals surface area contributed by atoms with E-state index in [4.69, 9.17) is 27.9 Å². The van der Waals surface area contributed by atoms with Crippen molar-refractivity contribution in [3.05, 3.63) is 82.1 Å². The average Bonchev–Trinajstić information content (AvgIpc) is 3.15. The van der Waals surface area contributed by atoms with Crippen LogP contribution in [-0.4, -0.2) is 22.5 Å². The Kier molecular flexibility index (Phi) is 6.18. The van der Waals surface area contributed by atoms with Gasteiger partial charge in [-0.1, -0.05) is 40.6 Å². The number of hydrogen-bond acceptors (Lipinski definition) is 5. The molecule has 152 valence electrons. The molecule has 4 rings (SSSR count). The van der Waals surface area contributed by atoms with Crippen LogP contribution in [0.15, 0.2) is 60.9 Å². The van der Waals surface area contributed by atoms with Gasteiger partial charge in [-0.3, -0.25) is 14.7 Å². The van der Waals surface area contributed by atoms with E-state index in [1.165, 1.54) is 11.3 Å². The first kappa shape index (κ1) is 20.6. The molecule has 0 saturated carbocycles. The van der Waals surface area contributed by atoms with Crippen molar-refractivity contribution in [1.82, 2.24) is 9.97 Å². The molecule has 0 saturated heterocycles. The molecular formula is C22H17Cl2N3O2S. The number of rotatable bonds is 6. The standard InChI is InChI=1S/C22H17Cl2N3O2S/c1-2-29-16-6-8-19-20(11-16)30-22(26-19)27(13-14-4-3-9-25-12-14)21(28)17-7-5-15(23)10-18(17)24/h3-12H,2,13H2,1H3. The van der Waals surface area contributed by atoms with Gasteiger partial charge in [0.05, 0.1) is 34.0 Å². The SMILES string of the molecule is CCOc1ccc2nc(N(Cc3cccnc3)C(=O)c3ccc(Cl)cc3Cl)sc2c1. The van der Waals surface area contributed by atoms with E-state index in [2.05, 4.69) is 9.97 Å². The topological polar surface area (TPSA) is 55.3 Å². The van der Waals surface area contributed by atoms with E-state index in [-0.39, 0.29) is 5.91 Å². The van der Waals surface area contributed by atoms with Crippen LogP contribution in [0.4, 0.5) is 5.13 Å². The second kappa shape index (κ2) is 9.00. The van der Waals surface area contributed by atoms with Gasteiger partial charge in [-0.2, -0.15) is 0 Å². The van der Waals surface area contributed by atoms with Gasteiger partial charge < -0.3 is 4.74 Å². The summed E-state index contributed by atoms with van der Waals surface area (Å²) >= 11 is 13.7. The Bertz CT molecular complexity index is 1200. The monoisotopic (exact) mass is 457 g/mol. The lowest BCUT2D eigenvalue weighted by molar-refractivity contribution is 0.0985. The normalized spacial score (nSPS) is 10.9. The number of thiazole rings is 1. The maximum atomic E-state index is 13.4. The van der Waals surface area contributed by atoms with Crippen molar-refractivity contribution in [2.45, 2.75) is 13.5 Å². The van der Waals surface area contributed by atoms with Gasteiger partial charge in [-0.15, -0.1) is 0 Å². The highest BCUT2D eigenvalue weighted by Gasteiger charge is 2.24. The molecule has 2 aromatic carbocycles. The maximum absolute atomic E-state index is 13.4. The van der Waals surface area contributed by atoms with Crippen LogP contribution in [0.25, 0.3) is 10.2 Å². The van der Waals surface area contributed by atoms with E-state index >= 15 is 0 Å². The highest BCUT2D eigenvalue weighted by molar-refractivity contribution is 7.22. The molecular weight excluding hydrogens is 441 g/mol. The van der Waals surface area contributed by atoms with E-state index in [1.54, 1.807) is 35.5 Å². The zero-order chi connectivity index (χ0) is 21.1. The first-order valence-corrected chi connectivity index (χ1v) is 10.8. The number of benzene rings is 2. The molecule has 0 aliphatic carbocycles. The summed E-state index contributed by atoms with van der Waals surface area (Å²) in [6, 6.07) is 14.3. The quantitative estimate of drug-likeness (QED) is 0.343. The minimum absolute atomic E-state index is 0.260. The van der Waals surface area contributed by atoms with Crippen molar-refractivity contribution in [2.24, 2.45) is 0 Å². The molecule has 0 spiro atoms. The van der Waals surface area contributed by atoms with Gasteiger partial charge in [0.15, 0.2) is 5.13 Å². The van der Waals surface area contributed by atoms with Crippen LogP contribution in [-0.2, 0) is 6.54 Å². The number of pyridine rings is 1. The van der Waals surface area contributed by atoms with Gasteiger partial charge >= 0.3 is 0 Å². The number of fused-ring (bicyclic) bond motifs is 1. The predicted molar refractivity (Wildman–Crippen MR) is 122 cm³/mol. The molecule has 4 aromatic rings. The Balaban J connectivity index is 1.76. The summed E-state index contributed by atoms with van der Waals surface area (Å²) in [6.07, 6.45) is 3.42. The summed E-state index contributed by atoms with van der Waals surface area (Å²) in [5.41, 5.74) is 2.04. The predicted octanol–water partition coefficient (Wildman–Crippen LogP) is 6.24. The van der Waals surface area contributed by atoms with Crippen LogP contribution in [0.2, 0.25) is 10.0 Å². The number of amides is 1. The first-order chi connectivity index (χ1) is 14.5. The van der Waals surface area contributed by atoms with E-state index in [0.29, 0.717) is 33.9 Å². The van der Waals surface area contributed by atoms with Crippen LogP contribution in [0.5, 0.6) is 5.75 Å². The van der Waals surface area contributed by atoms with E-state index < -0.39 is 0 Å². The van der Waals surface area contributed by atoms with Gasteiger partial charge in [0, 0.05) is 17.4 Å². The van der Waals surface area contributed by atoms with E-state index in [0.717, 1.165) is 21.5 Å². The average molecular weight is 458 g/mol. The summed E-state index contributed by atoms with van der Waals surface area (Å²) in [4.78, 5) is 23.9. The molecule has 0 unspecified atom stereocenters. The number of carbonyl (C=O) groups excluding carboxylic acids is 1. The molecule has 30 heavy (non-hydrogen) atoms. The Morgan fingerprint density at radius 3 is 2.77 bits per heavy atom. The third-order valence-electron chi connectivity index (χ3n) is 4.36. The molecule has 0 bridgehead atoms.